The van der Waals surface area contributed by atoms with Crippen LogP contribution in [0.5, 0.6) is 0 Å². The Morgan fingerprint density at radius 2 is 2.00 bits per heavy atom. The van der Waals surface area contributed by atoms with Crippen molar-refractivity contribution in [3.63, 3.8) is 0 Å². The first-order valence-electron chi connectivity index (χ1n) is 7.05. The molecule has 9 heteroatoms. The summed E-state index contributed by atoms with van der Waals surface area (Å²) in [4.78, 5) is 46.9. The number of carbonyl (C=O) groups excluding carboxylic acids is 4. The van der Waals surface area contributed by atoms with E-state index in [-0.39, 0.29) is 18.9 Å². The molecular formula is C15H16N2O6S. The maximum atomic E-state index is 12.0. The highest BCUT2D eigenvalue weighted by Gasteiger charge is 2.29. The SMILES string of the molecule is COC(=O)CNC(=O)COC(=O)C[C@H]1Sc2ccccc2NC1=O. The van der Waals surface area contributed by atoms with Crippen LogP contribution in [-0.2, 0) is 28.7 Å². The lowest BCUT2D eigenvalue weighted by Gasteiger charge is -2.23. The maximum absolute atomic E-state index is 12.0. The van der Waals surface area contributed by atoms with Gasteiger partial charge in [0.15, 0.2) is 6.61 Å². The van der Waals surface area contributed by atoms with Crippen LogP contribution < -0.4 is 10.6 Å². The summed E-state index contributed by atoms with van der Waals surface area (Å²) in [7, 11) is 1.19. The Balaban J connectivity index is 1.77. The second-order valence-corrected chi connectivity index (χ2v) is 6.05. The molecule has 2 amide bonds. The number of thioether (sulfide) groups is 1. The fourth-order valence-corrected chi connectivity index (χ4v) is 2.97. The van der Waals surface area contributed by atoms with Crippen molar-refractivity contribution in [2.45, 2.75) is 16.6 Å². The average Bonchev–Trinajstić information content (AvgIpc) is 2.58. The first-order chi connectivity index (χ1) is 11.5. The molecule has 8 nitrogen and oxygen atoms in total. The van der Waals surface area contributed by atoms with E-state index in [0.29, 0.717) is 5.69 Å². The van der Waals surface area contributed by atoms with Crippen LogP contribution in [0, 0.1) is 0 Å². The Kier molecular flexibility index (Phi) is 6.19. The number of anilines is 1. The number of hydrogen-bond acceptors (Lipinski definition) is 7. The maximum Gasteiger partial charge on any atom is 0.325 e. The standard InChI is InChI=1S/C15H16N2O6S/c1-22-14(20)7-16-12(18)8-23-13(19)6-11-15(21)17-9-4-2-3-5-10(9)24-11/h2-5,11H,6-8H2,1H3,(H,16,18)(H,17,21)/t11-/m1/s1. The van der Waals surface area contributed by atoms with Crippen molar-refractivity contribution in [1.29, 1.82) is 0 Å². The summed E-state index contributed by atoms with van der Waals surface area (Å²) in [6, 6.07) is 7.27. The van der Waals surface area contributed by atoms with E-state index in [0.717, 1.165) is 4.90 Å². The highest BCUT2D eigenvalue weighted by Crippen LogP contribution is 2.36. The van der Waals surface area contributed by atoms with Gasteiger partial charge in [-0.25, -0.2) is 0 Å². The Bertz CT molecular complexity index is 663. The molecule has 2 rings (SSSR count). The first-order valence-corrected chi connectivity index (χ1v) is 7.93. The predicted molar refractivity (Wildman–Crippen MR) is 85.3 cm³/mol. The van der Waals surface area contributed by atoms with Gasteiger partial charge in [0.05, 0.1) is 24.5 Å². The zero-order valence-corrected chi connectivity index (χ0v) is 13.7. The van der Waals surface area contributed by atoms with E-state index < -0.39 is 29.7 Å². The minimum Gasteiger partial charge on any atom is -0.468 e. The monoisotopic (exact) mass is 352 g/mol. The molecule has 1 aliphatic heterocycles. The minimum absolute atomic E-state index is 0.158. The highest BCUT2D eigenvalue weighted by atomic mass is 32.2. The molecule has 0 spiro atoms. The van der Waals surface area contributed by atoms with Gasteiger partial charge < -0.3 is 20.1 Å². The lowest BCUT2D eigenvalue weighted by molar-refractivity contribution is -0.149. The summed E-state index contributed by atoms with van der Waals surface area (Å²) in [5.74, 6) is -2.19. The number of ether oxygens (including phenoxy) is 2. The van der Waals surface area contributed by atoms with Gasteiger partial charge >= 0.3 is 11.9 Å². The van der Waals surface area contributed by atoms with Crippen molar-refractivity contribution < 1.29 is 28.7 Å². The van der Waals surface area contributed by atoms with Gasteiger partial charge in [0.25, 0.3) is 5.91 Å². The van der Waals surface area contributed by atoms with Crippen LogP contribution in [0.1, 0.15) is 6.42 Å². The molecule has 0 saturated carbocycles. The molecule has 1 aliphatic rings. The van der Waals surface area contributed by atoms with Crippen LogP contribution in [-0.4, -0.2) is 49.3 Å². The fraction of sp³-hybridized carbons (Fsp3) is 0.333. The Hall–Kier alpha value is -2.55. The third-order valence-electron chi connectivity index (χ3n) is 3.08. The van der Waals surface area contributed by atoms with Gasteiger partial charge in [-0.15, -0.1) is 11.8 Å². The lowest BCUT2D eigenvalue weighted by atomic mass is 10.2. The van der Waals surface area contributed by atoms with Crippen molar-refractivity contribution in [3.05, 3.63) is 24.3 Å². The number of hydrogen-bond donors (Lipinski definition) is 2. The zero-order valence-electron chi connectivity index (χ0n) is 12.9. The summed E-state index contributed by atoms with van der Waals surface area (Å²) >= 11 is 1.27. The van der Waals surface area contributed by atoms with E-state index >= 15 is 0 Å². The second-order valence-electron chi connectivity index (χ2n) is 4.81. The number of benzene rings is 1. The first kappa shape index (κ1) is 17.8. The largest absolute Gasteiger partial charge is 0.468 e. The van der Waals surface area contributed by atoms with Crippen molar-refractivity contribution in [1.82, 2.24) is 5.32 Å². The van der Waals surface area contributed by atoms with Gasteiger partial charge in [-0.05, 0) is 12.1 Å². The molecule has 1 heterocycles. The molecule has 0 unspecified atom stereocenters. The Labute approximate surface area is 142 Å². The van der Waals surface area contributed by atoms with Gasteiger partial charge in [0.1, 0.15) is 6.54 Å². The van der Waals surface area contributed by atoms with Gasteiger partial charge in [-0.1, -0.05) is 12.1 Å². The highest BCUT2D eigenvalue weighted by molar-refractivity contribution is 8.01. The quantitative estimate of drug-likeness (QED) is 0.709. The van der Waals surface area contributed by atoms with Crippen LogP contribution in [0.15, 0.2) is 29.2 Å². The molecule has 1 aromatic rings. The van der Waals surface area contributed by atoms with Crippen molar-refractivity contribution in [2.24, 2.45) is 0 Å². The average molecular weight is 352 g/mol. The molecule has 0 fully saturated rings. The fourth-order valence-electron chi connectivity index (χ4n) is 1.88. The number of para-hydroxylation sites is 1. The lowest BCUT2D eigenvalue weighted by Crippen LogP contribution is -2.35. The summed E-state index contributed by atoms with van der Waals surface area (Å²) in [6.45, 7) is -0.823. The van der Waals surface area contributed by atoms with Crippen molar-refractivity contribution >= 4 is 41.2 Å². The minimum atomic E-state index is -0.671. The van der Waals surface area contributed by atoms with E-state index in [1.165, 1.54) is 18.9 Å². The van der Waals surface area contributed by atoms with Gasteiger partial charge in [0.2, 0.25) is 5.91 Å². The zero-order chi connectivity index (χ0) is 17.5. The molecule has 0 radical (unpaired) electrons. The number of fused-ring (bicyclic) bond motifs is 1. The normalized spacial score (nSPS) is 15.7. The number of amides is 2. The molecule has 2 N–H and O–H groups in total. The molecular weight excluding hydrogens is 336 g/mol. The molecule has 0 aromatic heterocycles. The van der Waals surface area contributed by atoms with Crippen LogP contribution in [0.25, 0.3) is 0 Å². The third kappa shape index (κ3) is 4.98. The molecule has 0 bridgehead atoms. The summed E-state index contributed by atoms with van der Waals surface area (Å²) < 4.78 is 9.17. The summed E-state index contributed by atoms with van der Waals surface area (Å²) in [5, 5.41) is 4.34. The molecule has 1 aromatic carbocycles. The molecule has 1 atom stereocenters. The third-order valence-corrected chi connectivity index (χ3v) is 4.36. The molecule has 0 saturated heterocycles. The number of methoxy groups -OCH3 is 1. The molecule has 24 heavy (non-hydrogen) atoms. The number of carbonyl (C=O) groups is 4. The van der Waals surface area contributed by atoms with Crippen molar-refractivity contribution in [3.8, 4) is 0 Å². The number of esters is 2. The smallest absolute Gasteiger partial charge is 0.325 e. The van der Waals surface area contributed by atoms with Crippen LogP contribution in [0.2, 0.25) is 0 Å². The topological polar surface area (TPSA) is 111 Å². The van der Waals surface area contributed by atoms with Crippen LogP contribution in [0.3, 0.4) is 0 Å². The number of nitrogens with one attached hydrogen (secondary N) is 2. The van der Waals surface area contributed by atoms with Gasteiger partial charge in [-0.2, -0.15) is 0 Å². The van der Waals surface area contributed by atoms with Crippen LogP contribution in [0.4, 0.5) is 5.69 Å². The predicted octanol–water partition coefficient (Wildman–Crippen LogP) is 0.322. The Morgan fingerprint density at radius 1 is 1.25 bits per heavy atom. The van der Waals surface area contributed by atoms with Crippen molar-refractivity contribution in [2.75, 3.05) is 25.6 Å². The van der Waals surface area contributed by atoms with E-state index in [4.69, 9.17) is 4.74 Å². The molecule has 0 aliphatic carbocycles. The van der Waals surface area contributed by atoms with Gasteiger partial charge in [-0.3, -0.25) is 19.2 Å². The second kappa shape index (κ2) is 8.34. The van der Waals surface area contributed by atoms with E-state index in [2.05, 4.69) is 15.4 Å². The Morgan fingerprint density at radius 3 is 2.75 bits per heavy atom. The van der Waals surface area contributed by atoms with E-state index in [9.17, 15) is 19.2 Å². The summed E-state index contributed by atoms with van der Waals surface area (Å²) in [6.07, 6.45) is -0.158. The summed E-state index contributed by atoms with van der Waals surface area (Å²) in [5.41, 5.74) is 0.708. The number of rotatable bonds is 6. The van der Waals surface area contributed by atoms with Gasteiger partial charge in [0, 0.05) is 4.90 Å². The molecule has 128 valence electrons. The van der Waals surface area contributed by atoms with Crippen LogP contribution >= 0.6 is 11.8 Å². The van der Waals surface area contributed by atoms with E-state index in [1.54, 1.807) is 12.1 Å². The van der Waals surface area contributed by atoms with E-state index in [1.807, 2.05) is 12.1 Å².